The lowest BCUT2D eigenvalue weighted by Crippen LogP contribution is -2.40. The van der Waals surface area contributed by atoms with Gasteiger partial charge < -0.3 is 29.6 Å². The smallest absolute Gasteiger partial charge is 0.355 e. The zero-order valence-electron chi connectivity index (χ0n) is 22.7. The van der Waals surface area contributed by atoms with Gasteiger partial charge in [-0.3, -0.25) is 0 Å². The van der Waals surface area contributed by atoms with Crippen LogP contribution in [0.1, 0.15) is 56.4 Å². The van der Waals surface area contributed by atoms with E-state index in [2.05, 4.69) is 35.4 Å². The first-order chi connectivity index (χ1) is 18.4. The first kappa shape index (κ1) is 27.1. The van der Waals surface area contributed by atoms with Crippen molar-refractivity contribution in [1.29, 1.82) is 0 Å². The summed E-state index contributed by atoms with van der Waals surface area (Å²) in [6.45, 7) is 5.32. The van der Waals surface area contributed by atoms with Crippen molar-refractivity contribution in [2.75, 3.05) is 36.3 Å². The Morgan fingerprint density at radius 2 is 1.74 bits per heavy atom. The van der Waals surface area contributed by atoms with Gasteiger partial charge >= 0.3 is 12.0 Å². The predicted molar refractivity (Wildman–Crippen MR) is 152 cm³/mol. The number of carbonyl (C=O) groups is 2. The Bertz CT molecular complexity index is 1230. The standard InChI is InChI=1S/C30H38N4O4/c1-21(2)20-34(23-9-6-5-7-10-23)27-17-14-24(33-18-8-11-28(33)29(35)38-4)19-26(27)32-30(36)31-22-12-15-25(37-3)16-13-22/h8,11-19,21,23H,5-7,9-10,20H2,1-4H3,(H2,31,32,36). The summed E-state index contributed by atoms with van der Waals surface area (Å²) < 4.78 is 12.0. The minimum Gasteiger partial charge on any atom is -0.497 e. The molecule has 1 aliphatic rings. The SMILES string of the molecule is COC(=O)c1cccn1-c1ccc(N(CC(C)C)C2CCCCC2)c(NC(=O)Nc2ccc(OC)cc2)c1. The highest BCUT2D eigenvalue weighted by Gasteiger charge is 2.25. The molecule has 0 bridgehead atoms. The third kappa shape index (κ3) is 6.49. The number of methoxy groups -OCH3 is 2. The number of carbonyl (C=O) groups excluding carboxylic acids is 2. The first-order valence-corrected chi connectivity index (χ1v) is 13.3. The fraction of sp³-hybridized carbons (Fsp3) is 0.400. The summed E-state index contributed by atoms with van der Waals surface area (Å²) in [5.41, 5.74) is 3.49. The van der Waals surface area contributed by atoms with Gasteiger partial charge in [0.2, 0.25) is 0 Å². The number of aromatic nitrogens is 1. The number of hydrogen-bond donors (Lipinski definition) is 2. The second-order valence-electron chi connectivity index (χ2n) is 10.1. The molecular formula is C30H38N4O4. The monoisotopic (exact) mass is 518 g/mol. The van der Waals surface area contributed by atoms with Gasteiger partial charge in [0.15, 0.2) is 0 Å². The van der Waals surface area contributed by atoms with E-state index in [0.717, 1.165) is 36.5 Å². The van der Waals surface area contributed by atoms with Crippen LogP contribution in [0.3, 0.4) is 0 Å². The van der Waals surface area contributed by atoms with Crippen LogP contribution in [0.15, 0.2) is 60.8 Å². The second-order valence-corrected chi connectivity index (χ2v) is 10.1. The number of rotatable bonds is 9. The molecule has 0 radical (unpaired) electrons. The number of nitrogens with zero attached hydrogens (tertiary/aromatic N) is 2. The van der Waals surface area contributed by atoms with Crippen LogP contribution in [0, 0.1) is 5.92 Å². The second kappa shape index (κ2) is 12.5. The predicted octanol–water partition coefficient (Wildman–Crippen LogP) is 6.71. The Morgan fingerprint density at radius 3 is 2.39 bits per heavy atom. The number of urea groups is 1. The van der Waals surface area contributed by atoms with Crippen molar-refractivity contribution in [3.63, 3.8) is 0 Å². The quantitative estimate of drug-likeness (QED) is 0.308. The van der Waals surface area contributed by atoms with Crippen LogP contribution < -0.4 is 20.3 Å². The molecule has 202 valence electrons. The maximum Gasteiger partial charge on any atom is 0.355 e. The Kier molecular flexibility index (Phi) is 8.94. The molecule has 8 heteroatoms. The zero-order chi connectivity index (χ0) is 27.1. The van der Waals surface area contributed by atoms with E-state index < -0.39 is 5.97 Å². The van der Waals surface area contributed by atoms with Crippen LogP contribution in [0.5, 0.6) is 5.75 Å². The molecule has 1 aromatic heterocycles. The van der Waals surface area contributed by atoms with Crippen molar-refractivity contribution in [3.05, 3.63) is 66.5 Å². The van der Waals surface area contributed by atoms with Crippen molar-refractivity contribution in [2.45, 2.75) is 52.0 Å². The van der Waals surface area contributed by atoms with E-state index in [4.69, 9.17) is 9.47 Å². The minimum atomic E-state index is -0.422. The summed E-state index contributed by atoms with van der Waals surface area (Å²) >= 11 is 0. The van der Waals surface area contributed by atoms with E-state index in [9.17, 15) is 9.59 Å². The highest BCUT2D eigenvalue weighted by Crippen LogP contribution is 2.35. The van der Waals surface area contributed by atoms with Crippen molar-refractivity contribution in [2.24, 2.45) is 5.92 Å². The van der Waals surface area contributed by atoms with E-state index in [0.29, 0.717) is 29.0 Å². The Labute approximate surface area is 224 Å². The molecule has 0 aliphatic heterocycles. The van der Waals surface area contributed by atoms with Crippen molar-refractivity contribution in [3.8, 4) is 11.4 Å². The first-order valence-electron chi connectivity index (χ1n) is 13.3. The third-order valence-corrected chi connectivity index (χ3v) is 6.88. The van der Waals surface area contributed by atoms with Crippen molar-refractivity contribution >= 4 is 29.1 Å². The average molecular weight is 519 g/mol. The molecule has 1 aliphatic carbocycles. The lowest BCUT2D eigenvalue weighted by atomic mass is 9.93. The van der Waals surface area contributed by atoms with Gasteiger partial charge in [0.25, 0.3) is 0 Å². The number of ether oxygens (including phenoxy) is 2. The Morgan fingerprint density at radius 1 is 1.00 bits per heavy atom. The maximum atomic E-state index is 13.2. The molecule has 1 saturated carbocycles. The van der Waals surface area contributed by atoms with Gasteiger partial charge in [0, 0.05) is 30.2 Å². The summed E-state index contributed by atoms with van der Waals surface area (Å²) in [5.74, 6) is 0.748. The lowest BCUT2D eigenvalue weighted by molar-refractivity contribution is 0.0591. The number of nitrogens with one attached hydrogen (secondary N) is 2. The molecule has 3 aromatic rings. The van der Waals surface area contributed by atoms with E-state index in [1.807, 2.05) is 18.3 Å². The van der Waals surface area contributed by atoms with E-state index in [1.54, 1.807) is 48.1 Å². The molecule has 2 amide bonds. The number of amides is 2. The van der Waals surface area contributed by atoms with Crippen LogP contribution in [0.2, 0.25) is 0 Å². The van der Waals surface area contributed by atoms with Crippen LogP contribution in [0.4, 0.5) is 21.9 Å². The molecule has 0 atom stereocenters. The van der Waals surface area contributed by atoms with Crippen molar-refractivity contribution in [1.82, 2.24) is 4.57 Å². The number of hydrogen-bond acceptors (Lipinski definition) is 5. The molecule has 2 aromatic carbocycles. The summed E-state index contributed by atoms with van der Waals surface area (Å²) in [6.07, 6.45) is 7.78. The van der Waals surface area contributed by atoms with E-state index >= 15 is 0 Å². The van der Waals surface area contributed by atoms with Crippen LogP contribution >= 0.6 is 0 Å². The highest BCUT2D eigenvalue weighted by molar-refractivity contribution is 6.02. The average Bonchev–Trinajstić information content (AvgIpc) is 3.42. The molecule has 0 spiro atoms. The van der Waals surface area contributed by atoms with Crippen molar-refractivity contribution < 1.29 is 19.1 Å². The molecule has 1 heterocycles. The third-order valence-electron chi connectivity index (χ3n) is 6.88. The molecule has 2 N–H and O–H groups in total. The van der Waals surface area contributed by atoms with Gasteiger partial charge in [-0.05, 0) is 73.4 Å². The van der Waals surface area contributed by atoms with Gasteiger partial charge in [0.05, 0.1) is 25.6 Å². The fourth-order valence-electron chi connectivity index (χ4n) is 5.09. The maximum absolute atomic E-state index is 13.2. The number of benzene rings is 2. The lowest BCUT2D eigenvalue weighted by Gasteiger charge is -2.38. The Hall–Kier alpha value is -3.94. The topological polar surface area (TPSA) is 84.8 Å². The largest absolute Gasteiger partial charge is 0.497 e. The molecular weight excluding hydrogens is 480 g/mol. The van der Waals surface area contributed by atoms with Crippen LogP contribution in [-0.4, -0.2) is 43.4 Å². The normalized spacial score (nSPS) is 13.7. The summed E-state index contributed by atoms with van der Waals surface area (Å²) in [4.78, 5) is 28.0. The van der Waals surface area contributed by atoms with Gasteiger partial charge in [0.1, 0.15) is 11.4 Å². The molecule has 0 saturated heterocycles. The molecule has 1 fully saturated rings. The summed E-state index contributed by atoms with van der Waals surface area (Å²) in [5, 5.41) is 6.01. The van der Waals surface area contributed by atoms with Gasteiger partial charge in [-0.15, -0.1) is 0 Å². The molecule has 38 heavy (non-hydrogen) atoms. The van der Waals surface area contributed by atoms with Gasteiger partial charge in [-0.2, -0.15) is 0 Å². The minimum absolute atomic E-state index is 0.345. The fourth-order valence-corrected chi connectivity index (χ4v) is 5.09. The molecule has 8 nitrogen and oxygen atoms in total. The molecule has 0 unspecified atom stereocenters. The molecule has 4 rings (SSSR count). The van der Waals surface area contributed by atoms with Gasteiger partial charge in [-0.1, -0.05) is 33.1 Å². The highest BCUT2D eigenvalue weighted by atomic mass is 16.5. The zero-order valence-corrected chi connectivity index (χ0v) is 22.7. The van der Waals surface area contributed by atoms with Crippen LogP contribution in [-0.2, 0) is 4.74 Å². The summed E-state index contributed by atoms with van der Waals surface area (Å²) in [7, 11) is 2.97. The van der Waals surface area contributed by atoms with Crippen LogP contribution in [0.25, 0.3) is 5.69 Å². The van der Waals surface area contributed by atoms with E-state index in [1.165, 1.54) is 26.4 Å². The number of anilines is 3. The number of esters is 1. The summed E-state index contributed by atoms with van der Waals surface area (Å²) in [6, 6.07) is 16.8. The van der Waals surface area contributed by atoms with E-state index in [-0.39, 0.29) is 6.03 Å². The van der Waals surface area contributed by atoms with Gasteiger partial charge in [-0.25, -0.2) is 9.59 Å². The Balaban J connectivity index is 1.70.